The van der Waals surface area contributed by atoms with E-state index in [2.05, 4.69) is 10.0 Å². The summed E-state index contributed by atoms with van der Waals surface area (Å²) in [6.45, 7) is 5.01. The van der Waals surface area contributed by atoms with Crippen LogP contribution < -0.4 is 10.0 Å². The predicted octanol–water partition coefficient (Wildman–Crippen LogP) is 0.232. The standard InChI is InChI=1S/C10H20N2O3S/c1-3-7-16(14,15)12-9(13)10(2)5-4-6-11-8-10/h11H,3-8H2,1-2H3,(H,12,13). The lowest BCUT2D eigenvalue weighted by molar-refractivity contribution is -0.129. The Labute approximate surface area is 97.0 Å². The largest absolute Gasteiger partial charge is 0.316 e. The molecule has 1 fully saturated rings. The van der Waals surface area contributed by atoms with E-state index in [0.29, 0.717) is 13.0 Å². The van der Waals surface area contributed by atoms with Gasteiger partial charge in [-0.1, -0.05) is 6.92 Å². The molecule has 0 aliphatic carbocycles. The average Bonchev–Trinajstić information content (AvgIpc) is 2.17. The monoisotopic (exact) mass is 248 g/mol. The van der Waals surface area contributed by atoms with Crippen molar-refractivity contribution in [1.82, 2.24) is 10.0 Å². The van der Waals surface area contributed by atoms with Crippen LogP contribution in [0.3, 0.4) is 0 Å². The van der Waals surface area contributed by atoms with Gasteiger partial charge in [-0.3, -0.25) is 9.52 Å². The summed E-state index contributed by atoms with van der Waals surface area (Å²) in [4.78, 5) is 11.9. The van der Waals surface area contributed by atoms with E-state index in [4.69, 9.17) is 0 Å². The third kappa shape index (κ3) is 3.45. The second-order valence-corrected chi connectivity index (χ2v) is 6.43. The molecule has 1 unspecified atom stereocenters. The first kappa shape index (κ1) is 13.4. The Bertz CT molecular complexity index is 345. The Hall–Kier alpha value is -0.620. The van der Waals surface area contributed by atoms with Crippen LogP contribution in [-0.4, -0.2) is 33.2 Å². The van der Waals surface area contributed by atoms with Crippen molar-refractivity contribution in [2.75, 3.05) is 18.8 Å². The zero-order chi connectivity index (χ0) is 12.2. The Morgan fingerprint density at radius 3 is 2.69 bits per heavy atom. The van der Waals surface area contributed by atoms with Crippen LogP contribution in [0, 0.1) is 5.41 Å². The quantitative estimate of drug-likeness (QED) is 0.747. The summed E-state index contributed by atoms with van der Waals surface area (Å²) in [5.41, 5.74) is -0.598. The molecule has 1 rings (SSSR count). The van der Waals surface area contributed by atoms with E-state index in [9.17, 15) is 13.2 Å². The zero-order valence-corrected chi connectivity index (χ0v) is 10.7. The van der Waals surface area contributed by atoms with Gasteiger partial charge >= 0.3 is 0 Å². The van der Waals surface area contributed by atoms with Crippen LogP contribution in [-0.2, 0) is 14.8 Å². The second kappa shape index (κ2) is 5.14. The highest BCUT2D eigenvalue weighted by molar-refractivity contribution is 7.90. The molecule has 1 amide bonds. The van der Waals surface area contributed by atoms with E-state index in [0.717, 1.165) is 19.4 Å². The van der Waals surface area contributed by atoms with Crippen molar-refractivity contribution in [3.63, 3.8) is 0 Å². The average molecular weight is 248 g/mol. The van der Waals surface area contributed by atoms with Crippen LogP contribution in [0.4, 0.5) is 0 Å². The maximum Gasteiger partial charge on any atom is 0.240 e. The van der Waals surface area contributed by atoms with Crippen molar-refractivity contribution >= 4 is 15.9 Å². The Morgan fingerprint density at radius 1 is 1.50 bits per heavy atom. The number of sulfonamides is 1. The van der Waals surface area contributed by atoms with Gasteiger partial charge in [-0.2, -0.15) is 0 Å². The first-order valence-corrected chi connectivity index (χ1v) is 7.30. The zero-order valence-electron chi connectivity index (χ0n) is 9.88. The van der Waals surface area contributed by atoms with Gasteiger partial charge in [0.1, 0.15) is 0 Å². The number of carbonyl (C=O) groups is 1. The molecule has 1 aliphatic heterocycles. The van der Waals surface area contributed by atoms with Gasteiger partial charge in [-0.05, 0) is 32.7 Å². The van der Waals surface area contributed by atoms with Gasteiger partial charge in [0, 0.05) is 6.54 Å². The minimum Gasteiger partial charge on any atom is -0.316 e. The van der Waals surface area contributed by atoms with E-state index in [1.54, 1.807) is 13.8 Å². The highest BCUT2D eigenvalue weighted by atomic mass is 32.2. The summed E-state index contributed by atoms with van der Waals surface area (Å²) >= 11 is 0. The fourth-order valence-electron chi connectivity index (χ4n) is 1.83. The van der Waals surface area contributed by atoms with Gasteiger partial charge in [-0.15, -0.1) is 0 Å². The van der Waals surface area contributed by atoms with Crippen molar-refractivity contribution in [2.45, 2.75) is 33.1 Å². The number of hydrogen-bond donors (Lipinski definition) is 2. The molecule has 0 saturated carbocycles. The first-order valence-electron chi connectivity index (χ1n) is 5.65. The highest BCUT2D eigenvalue weighted by Crippen LogP contribution is 2.25. The Balaban J connectivity index is 2.64. The van der Waals surface area contributed by atoms with Crippen LogP contribution >= 0.6 is 0 Å². The summed E-state index contributed by atoms with van der Waals surface area (Å²) in [6, 6.07) is 0. The van der Waals surface area contributed by atoms with E-state index >= 15 is 0 Å². The summed E-state index contributed by atoms with van der Waals surface area (Å²) in [5, 5.41) is 3.12. The fraction of sp³-hybridized carbons (Fsp3) is 0.900. The minimum atomic E-state index is -3.45. The van der Waals surface area contributed by atoms with Gasteiger partial charge < -0.3 is 5.32 Å². The normalized spacial score (nSPS) is 26.4. The SMILES string of the molecule is CCCS(=O)(=O)NC(=O)C1(C)CCCNC1. The predicted molar refractivity (Wildman–Crippen MR) is 62.4 cm³/mol. The Morgan fingerprint density at radius 2 is 2.19 bits per heavy atom. The van der Waals surface area contributed by atoms with Crippen molar-refractivity contribution in [3.05, 3.63) is 0 Å². The summed E-state index contributed by atoms with van der Waals surface area (Å²) in [5.74, 6) is -0.379. The summed E-state index contributed by atoms with van der Waals surface area (Å²) in [6.07, 6.45) is 2.14. The molecule has 2 N–H and O–H groups in total. The third-order valence-electron chi connectivity index (χ3n) is 2.87. The molecule has 0 aromatic carbocycles. The molecule has 0 aromatic rings. The topological polar surface area (TPSA) is 75.3 Å². The summed E-state index contributed by atoms with van der Waals surface area (Å²) in [7, 11) is -3.45. The lowest BCUT2D eigenvalue weighted by Gasteiger charge is -2.32. The number of hydrogen-bond acceptors (Lipinski definition) is 4. The molecule has 1 atom stereocenters. The maximum absolute atomic E-state index is 11.9. The van der Waals surface area contributed by atoms with E-state index in [1.807, 2.05) is 0 Å². The minimum absolute atomic E-state index is 0.00223. The number of carbonyl (C=O) groups excluding carboxylic acids is 1. The van der Waals surface area contributed by atoms with E-state index in [-0.39, 0.29) is 11.7 Å². The van der Waals surface area contributed by atoms with Crippen LogP contribution in [0.25, 0.3) is 0 Å². The van der Waals surface area contributed by atoms with Crippen molar-refractivity contribution in [3.8, 4) is 0 Å². The molecular weight excluding hydrogens is 228 g/mol. The molecule has 1 saturated heterocycles. The van der Waals surface area contributed by atoms with Gasteiger partial charge in [0.15, 0.2) is 0 Å². The maximum atomic E-state index is 11.9. The number of rotatable bonds is 4. The number of nitrogens with one attached hydrogen (secondary N) is 2. The van der Waals surface area contributed by atoms with Crippen molar-refractivity contribution < 1.29 is 13.2 Å². The van der Waals surface area contributed by atoms with E-state index in [1.165, 1.54) is 0 Å². The van der Waals surface area contributed by atoms with Crippen LogP contribution in [0.2, 0.25) is 0 Å². The molecule has 1 aliphatic rings. The highest BCUT2D eigenvalue weighted by Gasteiger charge is 2.36. The number of amides is 1. The summed E-state index contributed by atoms with van der Waals surface area (Å²) < 4.78 is 25.1. The molecular formula is C10H20N2O3S. The van der Waals surface area contributed by atoms with Gasteiger partial charge in [0.2, 0.25) is 15.9 Å². The molecule has 0 spiro atoms. The molecule has 0 bridgehead atoms. The molecule has 5 nitrogen and oxygen atoms in total. The number of piperidine rings is 1. The molecule has 0 radical (unpaired) electrons. The van der Waals surface area contributed by atoms with Crippen LogP contribution in [0.5, 0.6) is 0 Å². The van der Waals surface area contributed by atoms with Crippen molar-refractivity contribution in [1.29, 1.82) is 0 Å². The van der Waals surface area contributed by atoms with Crippen LogP contribution in [0.1, 0.15) is 33.1 Å². The third-order valence-corrected chi connectivity index (χ3v) is 4.31. The fourth-order valence-corrected chi connectivity index (χ4v) is 3.00. The lowest BCUT2D eigenvalue weighted by Crippen LogP contribution is -2.50. The molecule has 6 heteroatoms. The van der Waals surface area contributed by atoms with E-state index < -0.39 is 15.4 Å². The first-order chi connectivity index (χ1) is 7.40. The smallest absolute Gasteiger partial charge is 0.240 e. The second-order valence-electron chi connectivity index (χ2n) is 4.59. The van der Waals surface area contributed by atoms with Gasteiger partial charge in [0.25, 0.3) is 0 Å². The molecule has 16 heavy (non-hydrogen) atoms. The molecule has 0 aromatic heterocycles. The van der Waals surface area contributed by atoms with Gasteiger partial charge in [0.05, 0.1) is 11.2 Å². The van der Waals surface area contributed by atoms with Crippen LogP contribution in [0.15, 0.2) is 0 Å². The van der Waals surface area contributed by atoms with Gasteiger partial charge in [-0.25, -0.2) is 8.42 Å². The van der Waals surface area contributed by atoms with Crippen molar-refractivity contribution in [2.24, 2.45) is 5.41 Å². The lowest BCUT2D eigenvalue weighted by atomic mass is 9.82. The molecule has 94 valence electrons. The molecule has 1 heterocycles. The Kier molecular flexibility index (Phi) is 4.32.